The highest BCUT2D eigenvalue weighted by molar-refractivity contribution is 9.10. The second kappa shape index (κ2) is 5.06. The Labute approximate surface area is 117 Å². The largest absolute Gasteiger partial charge is 0.507 e. The first kappa shape index (κ1) is 14.2. The van der Waals surface area contributed by atoms with Crippen molar-refractivity contribution in [3.05, 3.63) is 28.2 Å². The number of nitrogens with zero attached hydrogens (tertiary/aromatic N) is 1. The average Bonchev–Trinajstić information content (AvgIpc) is 2.24. The van der Waals surface area contributed by atoms with E-state index in [-0.39, 0.29) is 18.8 Å². The zero-order valence-electron chi connectivity index (χ0n) is 9.51. The summed E-state index contributed by atoms with van der Waals surface area (Å²) >= 11 is 3.08. The summed E-state index contributed by atoms with van der Waals surface area (Å²) in [5.41, 5.74) is 0.311. The Hall–Kier alpha value is -1.19. The minimum absolute atomic E-state index is 0.00916. The zero-order chi connectivity index (χ0) is 14.2. The molecule has 2 N–H and O–H groups in total. The number of hydrogen-bond acceptors (Lipinski definition) is 4. The van der Waals surface area contributed by atoms with Crippen LogP contribution in [0.3, 0.4) is 0 Å². The zero-order valence-corrected chi connectivity index (χ0v) is 11.9. The van der Waals surface area contributed by atoms with Crippen molar-refractivity contribution in [2.45, 2.75) is 6.04 Å². The first-order valence-corrected chi connectivity index (χ1v) is 7.40. The third-order valence-electron chi connectivity index (χ3n) is 2.70. The molecule has 0 radical (unpaired) electrons. The summed E-state index contributed by atoms with van der Waals surface area (Å²) in [4.78, 5) is 11.8. The van der Waals surface area contributed by atoms with Crippen LogP contribution in [0.25, 0.3) is 0 Å². The molecule has 1 aliphatic heterocycles. The van der Waals surface area contributed by atoms with E-state index in [2.05, 4.69) is 21.2 Å². The molecule has 19 heavy (non-hydrogen) atoms. The van der Waals surface area contributed by atoms with Gasteiger partial charge in [-0.05, 0) is 34.1 Å². The number of rotatable bonds is 3. The van der Waals surface area contributed by atoms with Crippen molar-refractivity contribution < 1.29 is 22.2 Å². The smallest absolute Gasteiger partial charge is 0.374 e. The molecular weight excluding hydrogens is 343 g/mol. The van der Waals surface area contributed by atoms with Crippen LogP contribution >= 0.6 is 15.9 Å². The molecule has 104 valence electrons. The van der Waals surface area contributed by atoms with Crippen LogP contribution in [-0.4, -0.2) is 42.9 Å². The number of hydrogen-bond donors (Lipinski definition) is 2. The number of amides is 1. The summed E-state index contributed by atoms with van der Waals surface area (Å²) in [6.07, 6.45) is 0. The molecule has 1 aromatic rings. The van der Waals surface area contributed by atoms with Gasteiger partial charge in [0.05, 0.1) is 10.5 Å². The van der Waals surface area contributed by atoms with Crippen LogP contribution in [0, 0.1) is 0 Å². The highest BCUT2D eigenvalue weighted by atomic mass is 79.9. The summed E-state index contributed by atoms with van der Waals surface area (Å²) in [6, 6.07) is 3.81. The normalized spacial score (nSPS) is 16.9. The predicted molar refractivity (Wildman–Crippen MR) is 68.7 cm³/mol. The number of aromatic hydroxyl groups is 1. The van der Waals surface area contributed by atoms with Crippen molar-refractivity contribution >= 4 is 32.2 Å². The van der Waals surface area contributed by atoms with Gasteiger partial charge in [0, 0.05) is 18.7 Å². The van der Waals surface area contributed by atoms with Crippen LogP contribution in [0.1, 0.15) is 10.4 Å². The lowest BCUT2D eigenvalue weighted by Gasteiger charge is -2.35. The summed E-state index contributed by atoms with van der Waals surface area (Å²) in [6.45, 7) is -0.159. The van der Waals surface area contributed by atoms with Crippen LogP contribution in [0.15, 0.2) is 22.7 Å². The molecule has 0 aliphatic carbocycles. The molecule has 1 saturated heterocycles. The number of halogens is 2. The molecule has 1 heterocycles. The van der Waals surface area contributed by atoms with E-state index in [0.717, 1.165) is 0 Å². The van der Waals surface area contributed by atoms with Crippen molar-refractivity contribution in [3.63, 3.8) is 0 Å². The van der Waals surface area contributed by atoms with E-state index < -0.39 is 22.4 Å². The van der Waals surface area contributed by atoms with Gasteiger partial charge in [-0.1, -0.05) is 3.89 Å². The topological polar surface area (TPSA) is 86.7 Å². The number of phenols is 1. The first-order chi connectivity index (χ1) is 8.77. The molecule has 9 heteroatoms. The van der Waals surface area contributed by atoms with Gasteiger partial charge in [-0.25, -0.2) is 0 Å². The Morgan fingerprint density at radius 3 is 2.63 bits per heavy atom. The number of nitrogens with one attached hydrogen (secondary N) is 1. The maximum atomic E-state index is 12.5. The maximum absolute atomic E-state index is 12.5. The quantitative estimate of drug-likeness (QED) is 0.787. The van der Waals surface area contributed by atoms with Crippen LogP contribution in [-0.2, 0) is 10.4 Å². The molecule has 1 fully saturated rings. The van der Waals surface area contributed by atoms with Gasteiger partial charge >= 0.3 is 10.4 Å². The first-order valence-electron chi connectivity index (χ1n) is 5.26. The van der Waals surface area contributed by atoms with E-state index in [1.54, 1.807) is 0 Å². The van der Waals surface area contributed by atoms with Crippen LogP contribution in [0.5, 0.6) is 5.75 Å². The van der Waals surface area contributed by atoms with Gasteiger partial charge in [0.25, 0.3) is 5.91 Å². The SMILES string of the molecule is O=C(NC1CN(S(=O)(=O)F)C1)c1ccc(O)c(Br)c1. The van der Waals surface area contributed by atoms with Gasteiger partial charge < -0.3 is 10.4 Å². The average molecular weight is 353 g/mol. The maximum Gasteiger partial charge on any atom is 0.374 e. The molecular formula is C10H10BrFN2O4S. The molecule has 1 amide bonds. The Morgan fingerprint density at radius 2 is 2.11 bits per heavy atom. The van der Waals surface area contributed by atoms with Gasteiger partial charge in [-0.15, -0.1) is 0 Å². The van der Waals surface area contributed by atoms with E-state index in [1.165, 1.54) is 18.2 Å². The molecule has 0 bridgehead atoms. The van der Waals surface area contributed by atoms with Crippen LogP contribution in [0.4, 0.5) is 3.89 Å². The molecule has 0 saturated carbocycles. The number of benzene rings is 1. The minimum Gasteiger partial charge on any atom is -0.507 e. The van der Waals surface area contributed by atoms with Crippen molar-refractivity contribution in [2.24, 2.45) is 0 Å². The fourth-order valence-corrected chi connectivity index (χ4v) is 2.72. The molecule has 0 atom stereocenters. The molecule has 1 aliphatic rings. The Bertz CT molecular complexity index is 616. The predicted octanol–water partition coefficient (Wildman–Crippen LogP) is 0.783. The fraction of sp³-hybridized carbons (Fsp3) is 0.300. The van der Waals surface area contributed by atoms with Crippen molar-refractivity contribution in [2.75, 3.05) is 13.1 Å². The lowest BCUT2D eigenvalue weighted by Crippen LogP contribution is -2.60. The highest BCUT2D eigenvalue weighted by Crippen LogP contribution is 2.24. The van der Waals surface area contributed by atoms with E-state index in [4.69, 9.17) is 0 Å². The minimum atomic E-state index is -4.67. The van der Waals surface area contributed by atoms with Gasteiger partial charge in [0.2, 0.25) is 0 Å². The van der Waals surface area contributed by atoms with Gasteiger partial charge in [0.1, 0.15) is 5.75 Å². The van der Waals surface area contributed by atoms with Crippen molar-refractivity contribution in [1.29, 1.82) is 0 Å². The van der Waals surface area contributed by atoms with Crippen LogP contribution in [0.2, 0.25) is 0 Å². The van der Waals surface area contributed by atoms with Gasteiger partial charge in [-0.3, -0.25) is 4.79 Å². The Morgan fingerprint density at radius 1 is 1.47 bits per heavy atom. The number of carbonyl (C=O) groups is 1. The molecule has 0 aromatic heterocycles. The summed E-state index contributed by atoms with van der Waals surface area (Å²) in [5.74, 6) is -0.406. The third kappa shape index (κ3) is 3.23. The molecule has 0 spiro atoms. The molecule has 2 rings (SSSR count). The van der Waals surface area contributed by atoms with Gasteiger partial charge in [-0.2, -0.15) is 12.7 Å². The van der Waals surface area contributed by atoms with Crippen molar-refractivity contribution in [1.82, 2.24) is 9.62 Å². The van der Waals surface area contributed by atoms with E-state index in [0.29, 0.717) is 14.3 Å². The summed E-state index contributed by atoms with van der Waals surface area (Å²) in [5, 5.41) is 11.9. The summed E-state index contributed by atoms with van der Waals surface area (Å²) in [7, 11) is -4.67. The summed E-state index contributed by atoms with van der Waals surface area (Å²) < 4.78 is 34.5. The molecule has 0 unspecified atom stereocenters. The molecule has 1 aromatic carbocycles. The monoisotopic (exact) mass is 352 g/mol. The van der Waals surface area contributed by atoms with E-state index >= 15 is 0 Å². The van der Waals surface area contributed by atoms with E-state index in [9.17, 15) is 22.2 Å². The number of phenolic OH excluding ortho intramolecular Hbond substituents is 1. The third-order valence-corrected chi connectivity index (χ3v) is 4.25. The number of carbonyl (C=O) groups excluding carboxylic acids is 1. The van der Waals surface area contributed by atoms with Crippen molar-refractivity contribution in [3.8, 4) is 5.75 Å². The second-order valence-electron chi connectivity index (χ2n) is 4.10. The van der Waals surface area contributed by atoms with Gasteiger partial charge in [0.15, 0.2) is 0 Å². The standard InChI is InChI=1S/C10H10BrFN2O4S/c11-8-3-6(1-2-9(8)15)10(16)13-7-4-14(5-7)19(12,17)18/h1-3,7,15H,4-5H2,(H,13,16). The lowest BCUT2D eigenvalue weighted by atomic mass is 10.1. The Kier molecular flexibility index (Phi) is 3.79. The fourth-order valence-electron chi connectivity index (χ4n) is 1.62. The molecule has 6 nitrogen and oxygen atoms in total. The highest BCUT2D eigenvalue weighted by Gasteiger charge is 2.36. The Balaban J connectivity index is 1.95. The van der Waals surface area contributed by atoms with E-state index in [1.807, 2.05) is 0 Å². The second-order valence-corrected chi connectivity index (χ2v) is 6.29. The van der Waals surface area contributed by atoms with Crippen LogP contribution < -0.4 is 5.32 Å². The lowest BCUT2D eigenvalue weighted by molar-refractivity contribution is 0.0892.